The molecular formula is C33H30ClN3O4S. The number of halogens is 1. The van der Waals surface area contributed by atoms with E-state index in [9.17, 15) is 14.4 Å². The van der Waals surface area contributed by atoms with E-state index in [4.69, 9.17) is 16.3 Å². The maximum atomic E-state index is 13.4. The lowest BCUT2D eigenvalue weighted by atomic mass is 10.1. The molecule has 0 fully saturated rings. The van der Waals surface area contributed by atoms with Gasteiger partial charge in [0.25, 0.3) is 11.8 Å². The van der Waals surface area contributed by atoms with Gasteiger partial charge in [-0.15, -0.1) is 11.8 Å². The number of benzene rings is 4. The van der Waals surface area contributed by atoms with E-state index in [1.165, 1.54) is 11.8 Å². The Hall–Kier alpha value is -4.53. The van der Waals surface area contributed by atoms with E-state index in [0.717, 1.165) is 10.5 Å². The number of nitrogens with one attached hydrogen (secondary N) is 3. The Morgan fingerprint density at radius 3 is 2.26 bits per heavy atom. The number of aryl methyl sites for hydroxylation is 1. The molecule has 4 aromatic carbocycles. The summed E-state index contributed by atoms with van der Waals surface area (Å²) in [5.41, 5.74) is 3.25. The van der Waals surface area contributed by atoms with Crippen LogP contribution in [0.2, 0.25) is 5.02 Å². The van der Waals surface area contributed by atoms with Crippen LogP contribution in [0.15, 0.2) is 108 Å². The average Bonchev–Trinajstić information content (AvgIpc) is 2.99. The summed E-state index contributed by atoms with van der Waals surface area (Å²) in [6.07, 6.45) is 1.60. The lowest BCUT2D eigenvalue weighted by Gasteiger charge is -2.14. The minimum Gasteiger partial charge on any atom is -0.497 e. The molecule has 4 aromatic rings. The molecule has 0 aliphatic carbocycles. The zero-order valence-electron chi connectivity index (χ0n) is 23.3. The second kappa shape index (κ2) is 14.4. The molecule has 0 heterocycles. The minimum atomic E-state index is -0.501. The van der Waals surface area contributed by atoms with Gasteiger partial charge in [-0.25, -0.2) is 0 Å². The molecule has 3 N–H and O–H groups in total. The summed E-state index contributed by atoms with van der Waals surface area (Å²) in [7, 11) is 1.57. The number of hydrogen-bond donors (Lipinski definition) is 3. The number of hydrogen-bond acceptors (Lipinski definition) is 5. The topological polar surface area (TPSA) is 96.5 Å². The van der Waals surface area contributed by atoms with Crippen LogP contribution in [-0.4, -0.2) is 30.1 Å². The first-order valence-corrected chi connectivity index (χ1v) is 14.3. The smallest absolute Gasteiger partial charge is 0.272 e. The number of ether oxygens (including phenoxy) is 1. The summed E-state index contributed by atoms with van der Waals surface area (Å²) in [5.74, 6) is -0.419. The molecule has 0 aliphatic heterocycles. The van der Waals surface area contributed by atoms with Gasteiger partial charge in [-0.3, -0.25) is 14.4 Å². The van der Waals surface area contributed by atoms with Crippen LogP contribution in [-0.2, 0) is 9.59 Å². The molecule has 1 atom stereocenters. The van der Waals surface area contributed by atoms with Crippen molar-refractivity contribution in [3.63, 3.8) is 0 Å². The molecule has 4 rings (SSSR count). The summed E-state index contributed by atoms with van der Waals surface area (Å²) in [4.78, 5) is 39.9. The van der Waals surface area contributed by atoms with E-state index < -0.39 is 17.1 Å². The predicted octanol–water partition coefficient (Wildman–Crippen LogP) is 7.19. The molecular weight excluding hydrogens is 570 g/mol. The fourth-order valence-electron chi connectivity index (χ4n) is 3.83. The maximum Gasteiger partial charge on any atom is 0.272 e. The van der Waals surface area contributed by atoms with Crippen molar-refractivity contribution in [2.45, 2.75) is 24.0 Å². The van der Waals surface area contributed by atoms with Gasteiger partial charge in [0, 0.05) is 26.9 Å². The van der Waals surface area contributed by atoms with Crippen LogP contribution in [0, 0.1) is 6.92 Å². The van der Waals surface area contributed by atoms with Gasteiger partial charge < -0.3 is 20.7 Å². The number of methoxy groups -OCH3 is 1. The Balaban J connectivity index is 1.48. The Morgan fingerprint density at radius 1 is 0.857 bits per heavy atom. The first-order chi connectivity index (χ1) is 20.2. The Kier molecular flexibility index (Phi) is 10.4. The van der Waals surface area contributed by atoms with Gasteiger partial charge in [0.05, 0.1) is 12.4 Å². The normalized spacial score (nSPS) is 11.8. The van der Waals surface area contributed by atoms with Gasteiger partial charge in [-0.05, 0) is 85.6 Å². The van der Waals surface area contributed by atoms with Crippen molar-refractivity contribution in [3.8, 4) is 5.75 Å². The maximum absolute atomic E-state index is 13.4. The molecule has 0 aromatic heterocycles. The van der Waals surface area contributed by atoms with Crippen molar-refractivity contribution in [2.75, 3.05) is 17.7 Å². The largest absolute Gasteiger partial charge is 0.497 e. The highest BCUT2D eigenvalue weighted by Crippen LogP contribution is 2.28. The number of anilines is 2. The molecule has 0 aliphatic rings. The quantitative estimate of drug-likeness (QED) is 0.132. The lowest BCUT2D eigenvalue weighted by Crippen LogP contribution is -2.30. The average molecular weight is 600 g/mol. The van der Waals surface area contributed by atoms with Gasteiger partial charge in [0.2, 0.25) is 5.91 Å². The van der Waals surface area contributed by atoms with E-state index in [1.54, 1.807) is 99.0 Å². The second-order valence-corrected chi connectivity index (χ2v) is 11.2. The number of carbonyl (C=O) groups excluding carboxylic acids is 3. The van der Waals surface area contributed by atoms with Gasteiger partial charge in [-0.2, -0.15) is 0 Å². The molecule has 1 unspecified atom stereocenters. The zero-order chi connectivity index (χ0) is 30.1. The number of rotatable bonds is 10. The number of amides is 3. The first-order valence-electron chi connectivity index (χ1n) is 13.1. The van der Waals surface area contributed by atoms with Crippen molar-refractivity contribution in [1.82, 2.24) is 5.32 Å². The highest BCUT2D eigenvalue weighted by molar-refractivity contribution is 8.00. The predicted molar refractivity (Wildman–Crippen MR) is 170 cm³/mol. The second-order valence-electron chi connectivity index (χ2n) is 9.35. The standard InChI is InChI=1S/C33H30ClN3O4S/c1-21-12-15-26(20-29(21)34)35-31(38)22(2)42-28-11-7-10-25(19-28)36-33(40)30(18-23-13-16-27(41-3)17-14-23)37-32(39)24-8-5-4-6-9-24/h4-20,22H,1-3H3,(H,35,38)(H,36,40)(H,37,39)/b30-18+. The van der Waals surface area contributed by atoms with Gasteiger partial charge in [0.1, 0.15) is 11.4 Å². The third-order valence-corrected chi connectivity index (χ3v) is 7.67. The van der Waals surface area contributed by atoms with Crippen LogP contribution in [0.25, 0.3) is 6.08 Å². The molecule has 214 valence electrons. The van der Waals surface area contributed by atoms with Gasteiger partial charge >= 0.3 is 0 Å². The van der Waals surface area contributed by atoms with E-state index in [1.807, 2.05) is 25.1 Å². The van der Waals surface area contributed by atoms with E-state index in [2.05, 4.69) is 16.0 Å². The third-order valence-electron chi connectivity index (χ3n) is 6.17. The van der Waals surface area contributed by atoms with Crippen LogP contribution in [0.3, 0.4) is 0 Å². The van der Waals surface area contributed by atoms with Crippen LogP contribution in [0.5, 0.6) is 5.75 Å². The summed E-state index contributed by atoms with van der Waals surface area (Å²) in [5, 5.41) is 8.64. The Morgan fingerprint density at radius 2 is 1.57 bits per heavy atom. The first kappa shape index (κ1) is 30.4. The molecule has 0 saturated carbocycles. The fourth-order valence-corrected chi connectivity index (χ4v) is 4.93. The number of carbonyl (C=O) groups is 3. The van der Waals surface area contributed by atoms with Crippen molar-refractivity contribution in [3.05, 3.63) is 124 Å². The molecule has 0 bridgehead atoms. The van der Waals surface area contributed by atoms with Crippen molar-refractivity contribution >= 4 is 58.5 Å². The van der Waals surface area contributed by atoms with Crippen LogP contribution in [0.4, 0.5) is 11.4 Å². The summed E-state index contributed by atoms with van der Waals surface area (Å²) >= 11 is 7.53. The molecule has 0 radical (unpaired) electrons. The molecule has 9 heteroatoms. The van der Waals surface area contributed by atoms with Crippen LogP contribution >= 0.6 is 23.4 Å². The molecule has 0 spiro atoms. The minimum absolute atomic E-state index is 0.0663. The van der Waals surface area contributed by atoms with Gasteiger partial charge in [-0.1, -0.05) is 54.1 Å². The zero-order valence-corrected chi connectivity index (χ0v) is 24.9. The lowest BCUT2D eigenvalue weighted by molar-refractivity contribution is -0.115. The van der Waals surface area contributed by atoms with Crippen molar-refractivity contribution < 1.29 is 19.1 Å². The summed E-state index contributed by atoms with van der Waals surface area (Å²) in [6, 6.07) is 28.3. The summed E-state index contributed by atoms with van der Waals surface area (Å²) in [6.45, 7) is 3.70. The number of thioether (sulfide) groups is 1. The fraction of sp³-hybridized carbons (Fsp3) is 0.121. The molecule has 0 saturated heterocycles. The molecule has 3 amide bonds. The van der Waals surface area contributed by atoms with E-state index in [0.29, 0.717) is 33.3 Å². The van der Waals surface area contributed by atoms with E-state index >= 15 is 0 Å². The molecule has 7 nitrogen and oxygen atoms in total. The highest BCUT2D eigenvalue weighted by atomic mass is 35.5. The SMILES string of the molecule is COc1ccc(/C=C(/NC(=O)c2ccccc2)C(=O)Nc2cccc(SC(C)C(=O)Nc3ccc(C)c(Cl)c3)c2)cc1. The van der Waals surface area contributed by atoms with E-state index in [-0.39, 0.29) is 11.6 Å². The van der Waals surface area contributed by atoms with Crippen molar-refractivity contribution in [1.29, 1.82) is 0 Å². The van der Waals surface area contributed by atoms with Crippen LogP contribution in [0.1, 0.15) is 28.4 Å². The molecule has 42 heavy (non-hydrogen) atoms. The Bertz CT molecular complexity index is 1610. The summed E-state index contributed by atoms with van der Waals surface area (Å²) < 4.78 is 5.21. The highest BCUT2D eigenvalue weighted by Gasteiger charge is 2.18. The van der Waals surface area contributed by atoms with Crippen molar-refractivity contribution in [2.24, 2.45) is 0 Å². The monoisotopic (exact) mass is 599 g/mol. The van der Waals surface area contributed by atoms with Crippen LogP contribution < -0.4 is 20.7 Å². The van der Waals surface area contributed by atoms with Gasteiger partial charge in [0.15, 0.2) is 0 Å². The Labute approximate surface area is 254 Å². The third kappa shape index (κ3) is 8.49.